The Kier molecular flexibility index (Phi) is 26.7. The second-order valence-electron chi connectivity index (χ2n) is 30.5. The van der Waals surface area contributed by atoms with Crippen LogP contribution in [0.3, 0.4) is 0 Å². The molecule has 7 aromatic rings. The highest BCUT2D eigenvalue weighted by Crippen LogP contribution is 2.50. The van der Waals surface area contributed by atoms with Crippen molar-refractivity contribution in [3.8, 4) is 80.1 Å². The maximum Gasteiger partial charge on any atom is 0.335 e. The number of carbonyl (C=O) groups is 10. The number of fused-ring (bicyclic) bond motifs is 14. The van der Waals surface area contributed by atoms with Gasteiger partial charge in [-0.25, -0.2) is 9.59 Å². The molecule has 7 amide bonds. The zero-order valence-corrected chi connectivity index (χ0v) is 67.1. The van der Waals surface area contributed by atoms with Crippen LogP contribution in [0.4, 0.5) is 0 Å². The molecule has 7 aromatic carbocycles. The van der Waals surface area contributed by atoms with Gasteiger partial charge in [0.25, 0.3) is 0 Å². The first-order valence-electron chi connectivity index (χ1n) is 38.8. The number of phenols is 4. The number of aromatic hydroxyl groups is 4. The minimum absolute atomic E-state index is 0.160. The lowest BCUT2D eigenvalue weighted by Gasteiger charge is -2.41. The van der Waals surface area contributed by atoms with E-state index in [2.05, 4.69) is 56.4 Å². The predicted molar refractivity (Wildman–Crippen MR) is 424 cm³/mol. The van der Waals surface area contributed by atoms with Crippen molar-refractivity contribution in [2.75, 3.05) is 13.7 Å². The van der Waals surface area contributed by atoms with Gasteiger partial charge in [0.1, 0.15) is 132 Å². The number of hydrogen-bond acceptors (Lipinski definition) is 29. The van der Waals surface area contributed by atoms with Gasteiger partial charge < -0.3 is 142 Å². The Hall–Kier alpha value is -12.3. The smallest absolute Gasteiger partial charge is 0.335 e. The SMILES string of the molecule is CNC1C(=O)NC2Cc3ccc(cc3)Oc3cc4cc(c3OC3OC(C(=O)O)C(O)C(O)C3NC(=O)CCCCCCC(C)C)Oc3ccc(cc3Cl)C(O)C3NC(=O)C(NC(=O)C4NC(=O)C(NC2=O)c2cc(cc(O)c2Cl)Oc2cc1ccc2O)c1ccc(O)c(c1)-c1c(OC2OC(COC(C)=O)C(O)C(O)C2O)cc(O)cc1C(C(=O)O)NC3=O. The third-order valence-corrected chi connectivity index (χ3v) is 22.1. The fourth-order valence-corrected chi connectivity index (χ4v) is 15.5. The van der Waals surface area contributed by atoms with E-state index >= 15 is 24.0 Å². The van der Waals surface area contributed by atoms with Crippen molar-refractivity contribution in [1.29, 1.82) is 0 Å². The summed E-state index contributed by atoms with van der Waals surface area (Å²) in [5.41, 5.74) is -3.39. The number of halogens is 2. The van der Waals surface area contributed by atoms with E-state index in [0.717, 1.165) is 99.0 Å². The first kappa shape index (κ1) is 88.4. The summed E-state index contributed by atoms with van der Waals surface area (Å²) in [5, 5.41) is 158. The first-order valence-corrected chi connectivity index (χ1v) is 39.5. The Labute approximate surface area is 708 Å². The summed E-state index contributed by atoms with van der Waals surface area (Å²) in [6.45, 7) is 4.38. The van der Waals surface area contributed by atoms with Gasteiger partial charge >= 0.3 is 17.9 Å². The molecule has 17 bridgehead atoms. The Morgan fingerprint density at radius 2 is 1.20 bits per heavy atom. The van der Waals surface area contributed by atoms with Crippen molar-refractivity contribution >= 4 is 82.5 Å². The fraction of sp³-hybridized carbons (Fsp3) is 0.373. The maximum atomic E-state index is 16.7. The number of rotatable bonds is 17. The van der Waals surface area contributed by atoms with Crippen molar-refractivity contribution in [3.05, 3.63) is 164 Å². The van der Waals surface area contributed by atoms with Gasteiger partial charge in [-0.2, -0.15) is 0 Å². The molecule has 40 heteroatoms. The van der Waals surface area contributed by atoms with Crippen LogP contribution < -0.4 is 66.2 Å². The normalized spacial score (nSPS) is 26.3. The summed E-state index contributed by atoms with van der Waals surface area (Å²) in [4.78, 5) is 148. The molecular weight excluding hydrogens is 1660 g/mol. The van der Waals surface area contributed by atoms with Gasteiger partial charge in [0.15, 0.2) is 35.1 Å². The standard InChI is InChI=1S/C83H86Cl2N8O30/c1-32(2)9-7-5-6-8-10-56(99)88-65-68(102)70(104)73(81(114)115)123-82(65)122-72-53-25-38-26-54(72)119-50-20-15-37(23-45(50)84)66(100)64-79(111)92-63(80(112)113)43-27-39(95)28-52(120-83-71(105)69(103)67(101)55(121-83)31-116-33(3)94)57(43)42-22-35(13-18-47(42)96)60(76(108)93-64)89-77(109)61(38)90-78(110)62-44-29-41(30-49(98)58(44)85)118-51-24-36(14-19-48(51)97)59(86-4)75(107)87-46(74(106)91-62)21-34-11-16-40(117-53)17-12-34/h11-20,22-30,32,46,55,59-71,73,82-83,86,95-98,100-105H,5-10,21,31H2,1-4H3,(H,87,107)(H,88,99)(H,89,109)(H,90,110)(H,91,106)(H,92,111)(H,93,108)(H,112,113)(H,114,115). The molecule has 0 spiro atoms. The summed E-state index contributed by atoms with van der Waals surface area (Å²) in [5.74, 6) is -20.2. The number of aliphatic hydroxyl groups is 6. The minimum Gasteiger partial charge on any atom is -0.508 e. The van der Waals surface area contributed by atoms with Crippen molar-refractivity contribution in [2.45, 2.75) is 175 Å². The lowest BCUT2D eigenvalue weighted by atomic mass is 9.89. The summed E-state index contributed by atoms with van der Waals surface area (Å²) in [6.07, 6.45) is -18.7. The topological polar surface area (TPSA) is 584 Å². The molecular formula is C83H86Cl2N8O30. The number of esters is 1. The van der Waals surface area contributed by atoms with Crippen molar-refractivity contribution in [2.24, 2.45) is 5.92 Å². The van der Waals surface area contributed by atoms with Crippen LogP contribution in [0.1, 0.15) is 135 Å². The second kappa shape index (κ2) is 37.2. The van der Waals surface area contributed by atoms with E-state index in [-0.39, 0.29) is 40.4 Å². The summed E-state index contributed by atoms with van der Waals surface area (Å²) in [6, 6.07) is 4.20. The van der Waals surface area contributed by atoms with Gasteiger partial charge in [-0.1, -0.05) is 93.1 Å². The Morgan fingerprint density at radius 1 is 0.545 bits per heavy atom. The number of likely N-dealkylation sites (N-methyl/N-ethyl adjacent to an activating group) is 1. The molecule has 652 valence electrons. The number of ether oxygens (including phenoxy) is 8. The summed E-state index contributed by atoms with van der Waals surface area (Å²) < 4.78 is 49.2. The van der Waals surface area contributed by atoms with Crippen LogP contribution in [0.25, 0.3) is 11.1 Å². The number of carboxylic acids is 2. The number of carbonyl (C=O) groups excluding carboxylic acids is 8. The Morgan fingerprint density at radius 3 is 1.89 bits per heavy atom. The van der Waals surface area contributed by atoms with Crippen LogP contribution in [-0.2, 0) is 68.6 Å². The second-order valence-corrected chi connectivity index (χ2v) is 31.3. The molecule has 123 heavy (non-hydrogen) atoms. The Bertz CT molecular complexity index is 5290. The molecule has 8 aliphatic heterocycles. The predicted octanol–water partition coefficient (Wildman–Crippen LogP) is 3.98. The Balaban J connectivity index is 1.04. The highest BCUT2D eigenvalue weighted by molar-refractivity contribution is 6.33. The molecule has 0 aliphatic carbocycles. The van der Waals surface area contributed by atoms with Crippen LogP contribution in [0.15, 0.2) is 115 Å². The number of unbranched alkanes of at least 4 members (excludes halogenated alkanes) is 3. The number of benzene rings is 7. The summed E-state index contributed by atoms with van der Waals surface area (Å²) >= 11 is 14.2. The van der Waals surface area contributed by atoms with Crippen LogP contribution >= 0.6 is 23.2 Å². The van der Waals surface area contributed by atoms with Crippen molar-refractivity contribution in [1.82, 2.24) is 42.5 Å². The van der Waals surface area contributed by atoms with E-state index < -0.39 is 277 Å². The number of phenolic OH excluding ortho intramolecular Hbond substituents is 4. The number of aliphatic carboxylic acids is 2. The molecule has 18 unspecified atom stereocenters. The van der Waals surface area contributed by atoms with Gasteiger partial charge in [0.05, 0.1) is 10.0 Å². The lowest BCUT2D eigenvalue weighted by molar-refractivity contribution is -0.278. The molecule has 2 fully saturated rings. The molecule has 2 saturated heterocycles. The van der Waals surface area contributed by atoms with Crippen LogP contribution in [0.2, 0.25) is 10.0 Å². The van der Waals surface area contributed by atoms with Crippen LogP contribution in [0.5, 0.6) is 69.0 Å². The molecule has 0 aromatic heterocycles. The molecule has 8 aliphatic rings. The van der Waals surface area contributed by atoms with Gasteiger partial charge in [0.2, 0.25) is 59.7 Å². The average Bonchev–Trinajstić information content (AvgIpc) is 0.762. The minimum atomic E-state index is -2.48. The maximum absolute atomic E-state index is 16.7. The van der Waals surface area contributed by atoms with Gasteiger partial charge in [-0.15, -0.1) is 0 Å². The highest BCUT2D eigenvalue weighted by Gasteiger charge is 2.52. The zero-order chi connectivity index (χ0) is 88.4. The van der Waals surface area contributed by atoms with E-state index in [1.807, 2.05) is 0 Å². The molecule has 15 rings (SSSR count). The quantitative estimate of drug-likeness (QED) is 0.0453. The number of amides is 7. The molecule has 20 N–H and O–H groups in total. The van der Waals surface area contributed by atoms with E-state index in [0.29, 0.717) is 18.8 Å². The lowest BCUT2D eigenvalue weighted by Crippen LogP contribution is -2.66. The first-order chi connectivity index (χ1) is 58.5. The van der Waals surface area contributed by atoms with E-state index in [4.69, 9.17) is 61.1 Å². The third-order valence-electron chi connectivity index (χ3n) is 21.4. The zero-order valence-electron chi connectivity index (χ0n) is 65.6. The number of nitrogens with one attached hydrogen (secondary N) is 8. The van der Waals surface area contributed by atoms with E-state index in [1.165, 1.54) is 49.5 Å². The highest BCUT2D eigenvalue weighted by atomic mass is 35.5. The largest absolute Gasteiger partial charge is 0.508 e. The molecule has 0 radical (unpaired) electrons. The molecule has 8 heterocycles. The van der Waals surface area contributed by atoms with Crippen LogP contribution in [-0.4, -0.2) is 208 Å². The van der Waals surface area contributed by atoms with E-state index in [9.17, 15) is 85.3 Å². The van der Waals surface area contributed by atoms with Crippen LogP contribution in [0, 0.1) is 5.92 Å². The number of hydrogen-bond donors (Lipinski definition) is 20. The van der Waals surface area contributed by atoms with Crippen molar-refractivity contribution in [3.63, 3.8) is 0 Å². The van der Waals surface area contributed by atoms with Gasteiger partial charge in [0, 0.05) is 54.2 Å². The van der Waals surface area contributed by atoms with Gasteiger partial charge in [-0.05, 0) is 120 Å². The van der Waals surface area contributed by atoms with Crippen molar-refractivity contribution < 1.29 is 147 Å². The monoisotopic (exact) mass is 1740 g/mol. The average molecular weight is 1750 g/mol. The van der Waals surface area contributed by atoms with E-state index in [1.54, 1.807) is 0 Å². The third kappa shape index (κ3) is 19.3. The number of aliphatic hydroxyl groups excluding tert-OH is 6. The number of carboxylic acid groups (broad SMARTS) is 2. The molecule has 18 atom stereocenters. The molecule has 0 saturated carbocycles. The summed E-state index contributed by atoms with van der Waals surface area (Å²) in [7, 11) is 1.41. The van der Waals surface area contributed by atoms with Gasteiger partial charge in [-0.3, -0.25) is 38.4 Å². The fourth-order valence-electron chi connectivity index (χ4n) is 15.0. The molecule has 38 nitrogen and oxygen atoms in total.